The standard InChI is InChI=1S/C33H26N2O4S.3C2H6.4CH4/c1-34(23-11-5-3-6-12-23)25-17-19-27-30(21-25)39-31-22-26(35(2)24-13-7-4-8-14-24)18-20-28(31)33(27)29-15-9-10-16-32(29)40(36,37)38;3*1-2;;;;/h3-22H,1-2H3;3*1-2H3;4*1H4/i;;;;1D;;;. The number of anilines is 2. The smallest absolute Gasteiger partial charge is 0.209 e. The van der Waals surface area contributed by atoms with Crippen LogP contribution in [0.3, 0.4) is 0 Å². The van der Waals surface area contributed by atoms with Crippen LogP contribution in [-0.4, -0.2) is 27.1 Å². The molecule has 0 radical (unpaired) electrons. The Hall–Kier alpha value is -4.72. The van der Waals surface area contributed by atoms with Crippen molar-refractivity contribution in [2.24, 2.45) is 0 Å². The first-order valence-corrected chi connectivity index (χ1v) is 17.2. The number of benzene rings is 5. The molecule has 4 aromatic rings. The van der Waals surface area contributed by atoms with Crippen molar-refractivity contribution >= 4 is 38.1 Å². The maximum atomic E-state index is 12.3. The summed E-state index contributed by atoms with van der Waals surface area (Å²) in [6, 6.07) is 37.9. The monoisotopic (exact) mass is 701 g/mol. The summed E-state index contributed by atoms with van der Waals surface area (Å²) in [6.45, 7) is 12.0. The van der Waals surface area contributed by atoms with Crippen molar-refractivity contribution in [3.05, 3.63) is 127 Å². The molecule has 272 valence electrons. The third-order valence-electron chi connectivity index (χ3n) is 7.18. The highest BCUT2D eigenvalue weighted by molar-refractivity contribution is 7.85. The van der Waals surface area contributed by atoms with Crippen LogP contribution in [0, 0.1) is 0 Å². The lowest BCUT2D eigenvalue weighted by molar-refractivity contribution is 0.463. The fourth-order valence-corrected chi connectivity index (χ4v) is 5.75. The van der Waals surface area contributed by atoms with Gasteiger partial charge in [-0.15, -0.1) is 0 Å². The molecule has 1 aliphatic heterocycles. The third kappa shape index (κ3) is 10.4. The van der Waals surface area contributed by atoms with Crippen LogP contribution in [0.4, 0.5) is 17.1 Å². The van der Waals surface area contributed by atoms with Gasteiger partial charge in [0.2, 0.25) is 11.0 Å². The molecule has 0 fully saturated rings. The zero-order valence-corrected chi connectivity index (χ0v) is 29.8. The zero-order chi connectivity index (χ0) is 35.9. The number of fused-ring (bicyclic) bond motifs is 2. The molecule has 6 rings (SSSR count). The number of para-hydroxylation sites is 2. The molecule has 50 heavy (non-hydrogen) atoms. The number of hydrogen-bond donors (Lipinski definition) is 0. The van der Waals surface area contributed by atoms with E-state index in [4.69, 9.17) is 5.79 Å². The lowest BCUT2D eigenvalue weighted by Crippen LogP contribution is -2.21. The molecule has 4 aromatic carbocycles. The van der Waals surface area contributed by atoms with E-state index in [2.05, 4.69) is 9.48 Å². The fourth-order valence-electron chi connectivity index (χ4n) is 5.07. The Labute approximate surface area is 304 Å². The second-order valence-electron chi connectivity index (χ2n) is 9.58. The van der Waals surface area contributed by atoms with Gasteiger partial charge < -0.3 is 13.9 Å². The molecule has 0 saturated carbocycles. The van der Waals surface area contributed by atoms with Gasteiger partial charge in [-0.3, -0.25) is 0 Å². The molecule has 1 heterocycles. The van der Waals surface area contributed by atoms with Gasteiger partial charge in [-0.2, -0.15) is 4.58 Å². The molecule has 0 N–H and O–H groups in total. The lowest BCUT2D eigenvalue weighted by atomic mass is 9.93. The van der Waals surface area contributed by atoms with Crippen molar-refractivity contribution in [1.82, 2.24) is 4.58 Å². The second-order valence-corrected chi connectivity index (χ2v) is 10.9. The van der Waals surface area contributed by atoms with Gasteiger partial charge in [0.1, 0.15) is 28.5 Å². The number of rotatable bonds is 5. The maximum Gasteiger partial charge on any atom is 0.209 e. The Kier molecular flexibility index (Phi) is 20.0. The molecular formula is C43H60N2O4S. The maximum absolute atomic E-state index is 12.3. The van der Waals surface area contributed by atoms with Crippen molar-refractivity contribution in [2.45, 2.75) is 76.1 Å². The van der Waals surface area contributed by atoms with Gasteiger partial charge in [0.15, 0.2) is 0 Å². The van der Waals surface area contributed by atoms with Gasteiger partial charge >= 0.3 is 0 Å². The quantitative estimate of drug-likeness (QED) is 0.102. The predicted octanol–water partition coefficient (Wildman–Crippen LogP) is 12.2. The van der Waals surface area contributed by atoms with Crippen LogP contribution in [0.1, 0.15) is 72.6 Å². The molecule has 0 atom stereocenters. The minimum Gasteiger partial charge on any atom is -0.744 e. The Bertz CT molecular complexity index is 2010. The minimum atomic E-state index is -4.73. The van der Waals surface area contributed by atoms with Crippen LogP contribution < -0.4 is 14.8 Å². The summed E-state index contributed by atoms with van der Waals surface area (Å²) >= 11 is 0. The van der Waals surface area contributed by atoms with Crippen LogP contribution in [-0.2, 0) is 10.1 Å². The van der Waals surface area contributed by atoms with Crippen LogP contribution in [0.5, 0.6) is 0 Å². The first-order valence-electron chi connectivity index (χ1n) is 16.8. The average molecular weight is 702 g/mol. The molecular weight excluding hydrogens is 641 g/mol. The molecule has 0 saturated heterocycles. The lowest BCUT2D eigenvalue weighted by Gasteiger charge is -2.22. The van der Waals surface area contributed by atoms with E-state index in [1.54, 1.807) is 18.2 Å². The fraction of sp³-hybridized carbons (Fsp3) is 0.279. The van der Waals surface area contributed by atoms with Gasteiger partial charge in [-0.05, 0) is 36.4 Å². The van der Waals surface area contributed by atoms with E-state index < -0.39 is 10.1 Å². The Morgan fingerprint density at radius 3 is 1.78 bits per heavy atom. The summed E-state index contributed by atoms with van der Waals surface area (Å²) < 4.78 is 51.2. The Morgan fingerprint density at radius 1 is 0.660 bits per heavy atom. The normalized spacial score (nSPS) is 10.5. The molecule has 2 aliphatic rings. The van der Waals surface area contributed by atoms with E-state index in [9.17, 15) is 13.0 Å². The molecule has 0 aromatic heterocycles. The molecule has 0 spiro atoms. The zero-order valence-electron chi connectivity index (χ0n) is 30.0. The summed E-state index contributed by atoms with van der Waals surface area (Å²) in [5.74, 6) is 0.570. The molecule has 7 heteroatoms. The summed E-state index contributed by atoms with van der Waals surface area (Å²) in [4.78, 5) is 1.79. The molecule has 0 amide bonds. The van der Waals surface area contributed by atoms with Crippen LogP contribution in [0.25, 0.3) is 33.4 Å². The molecule has 1 aliphatic carbocycles. The van der Waals surface area contributed by atoms with Gasteiger partial charge in [-0.1, -0.05) is 126 Å². The first kappa shape index (κ1) is 45.3. The van der Waals surface area contributed by atoms with Crippen molar-refractivity contribution < 1.29 is 18.8 Å². The van der Waals surface area contributed by atoms with Crippen molar-refractivity contribution in [3.8, 4) is 22.5 Å². The van der Waals surface area contributed by atoms with E-state index >= 15 is 0 Å². The summed E-state index contributed by atoms with van der Waals surface area (Å²) in [5, 5.41) is 1.60. The average Bonchev–Trinajstić information content (AvgIpc) is 3.16. The van der Waals surface area contributed by atoms with Crippen molar-refractivity contribution in [1.29, 1.82) is 0 Å². The van der Waals surface area contributed by atoms with Gasteiger partial charge in [0.05, 0.1) is 11.0 Å². The SMILES string of the molecule is C.C.C.CC.CC.CC.CN(c1ccccc1)c1ccc2c(-c3ccccc3S(=O)(=O)[O-])c3ccc(=[N+](C)c4ccccc4)cc-3oc2c1.[2H]C. The highest BCUT2D eigenvalue weighted by atomic mass is 32.2. The third-order valence-corrected chi connectivity index (χ3v) is 8.07. The summed E-state index contributed by atoms with van der Waals surface area (Å²) in [5.41, 5.74) is 5.17. The van der Waals surface area contributed by atoms with Gasteiger partial charge in [0.25, 0.3) is 0 Å². The van der Waals surface area contributed by atoms with Gasteiger partial charge in [0, 0.05) is 66.1 Å². The molecule has 6 nitrogen and oxygen atoms in total. The highest BCUT2D eigenvalue weighted by Gasteiger charge is 2.22. The Morgan fingerprint density at radius 2 is 1.20 bits per heavy atom. The van der Waals surface area contributed by atoms with Crippen LogP contribution in [0.2, 0.25) is 0 Å². The van der Waals surface area contributed by atoms with E-state index in [0.29, 0.717) is 33.4 Å². The minimum absolute atomic E-state index is 0. The van der Waals surface area contributed by atoms with Crippen LogP contribution in [0.15, 0.2) is 131 Å². The van der Waals surface area contributed by atoms with E-state index in [1.165, 1.54) is 13.5 Å². The highest BCUT2D eigenvalue weighted by Crippen LogP contribution is 2.43. The predicted molar refractivity (Wildman–Crippen MR) is 219 cm³/mol. The Balaban J connectivity index is 0. The second kappa shape index (κ2) is 22.1. The van der Waals surface area contributed by atoms with Gasteiger partial charge in [-0.25, -0.2) is 8.42 Å². The largest absolute Gasteiger partial charge is 0.744 e. The number of hydrogen-bond acceptors (Lipinski definition) is 5. The van der Waals surface area contributed by atoms with Crippen molar-refractivity contribution in [2.75, 3.05) is 19.0 Å². The van der Waals surface area contributed by atoms with Crippen molar-refractivity contribution in [3.63, 3.8) is 0 Å². The molecule has 0 unspecified atom stereocenters. The number of nitrogens with zero attached hydrogens (tertiary/aromatic N) is 2. The summed E-state index contributed by atoms with van der Waals surface area (Å²) in [6.07, 6.45) is 0. The van der Waals surface area contributed by atoms with E-state index in [0.717, 1.165) is 22.4 Å². The molecule has 0 bridgehead atoms. The topological polar surface area (TPSA) is 76.6 Å². The van der Waals surface area contributed by atoms with E-state index in [1.807, 2.05) is 153 Å². The first-order chi connectivity index (χ1) is 23.3. The summed E-state index contributed by atoms with van der Waals surface area (Å²) in [7, 11) is 0.472. The van der Waals surface area contributed by atoms with Crippen LogP contribution >= 0.6 is 0 Å². The van der Waals surface area contributed by atoms with E-state index in [-0.39, 0.29) is 27.2 Å².